The Hall–Kier alpha value is -1.67. The minimum absolute atomic E-state index is 0.0607. The van der Waals surface area contributed by atoms with Crippen molar-refractivity contribution >= 4 is 28.9 Å². The van der Waals surface area contributed by atoms with Gasteiger partial charge in [-0.25, -0.2) is 4.98 Å². The van der Waals surface area contributed by atoms with Crippen LogP contribution in [0.5, 0.6) is 0 Å². The van der Waals surface area contributed by atoms with Gasteiger partial charge in [-0.1, -0.05) is 19.0 Å². The molecule has 6 nitrogen and oxygen atoms in total. The molecule has 0 atom stereocenters. The molecule has 2 aromatic rings. The second kappa shape index (κ2) is 6.67. The first-order valence-electron chi connectivity index (χ1n) is 6.14. The van der Waals surface area contributed by atoms with Gasteiger partial charge >= 0.3 is 0 Å². The summed E-state index contributed by atoms with van der Waals surface area (Å²) in [5.41, 5.74) is 8.32. The van der Waals surface area contributed by atoms with Crippen LogP contribution in [0.4, 0.5) is 0 Å². The summed E-state index contributed by atoms with van der Waals surface area (Å²) in [5, 5.41) is 23.1. The fourth-order valence-corrected chi connectivity index (χ4v) is 3.53. The molecule has 0 unspecified atom stereocenters. The second-order valence-corrected chi connectivity index (χ2v) is 6.03. The molecular formula is C12H15N5OS2. The number of rotatable bonds is 5. The fourth-order valence-electron chi connectivity index (χ4n) is 1.88. The van der Waals surface area contributed by atoms with Crippen LogP contribution in [0.1, 0.15) is 30.7 Å². The van der Waals surface area contributed by atoms with Crippen LogP contribution in [-0.4, -0.2) is 26.2 Å². The van der Waals surface area contributed by atoms with Gasteiger partial charge in [-0.3, -0.25) is 0 Å². The molecule has 0 bridgehead atoms. The maximum atomic E-state index is 9.01. The lowest BCUT2D eigenvalue weighted by Crippen LogP contribution is -2.20. The monoisotopic (exact) mass is 309 g/mol. The summed E-state index contributed by atoms with van der Waals surface area (Å²) in [6.45, 7) is 4.02. The summed E-state index contributed by atoms with van der Waals surface area (Å²) in [6.07, 6.45) is 3.23. The average molecular weight is 309 g/mol. The minimum atomic E-state index is 0.0607. The van der Waals surface area contributed by atoms with Crippen molar-refractivity contribution in [2.75, 3.05) is 0 Å². The molecule has 0 radical (unpaired) electrons. The molecule has 2 heterocycles. The first kappa shape index (κ1) is 14.7. The molecule has 0 aliphatic rings. The first-order chi connectivity index (χ1) is 9.71. The van der Waals surface area contributed by atoms with Crippen LogP contribution in [0.15, 0.2) is 26.1 Å². The second-order valence-electron chi connectivity index (χ2n) is 3.90. The molecule has 0 aliphatic carbocycles. The van der Waals surface area contributed by atoms with E-state index in [0.717, 1.165) is 28.4 Å². The van der Waals surface area contributed by atoms with Gasteiger partial charge in [0.1, 0.15) is 5.03 Å². The fraction of sp³-hybridized carbons (Fsp3) is 0.333. The Balaban J connectivity index is 2.55. The van der Waals surface area contributed by atoms with E-state index in [2.05, 4.69) is 20.3 Å². The number of hydrogen-bond acceptors (Lipinski definition) is 7. The highest BCUT2D eigenvalue weighted by Crippen LogP contribution is 2.32. The number of thiazole rings is 1. The Morgan fingerprint density at radius 1 is 1.40 bits per heavy atom. The molecule has 3 N–H and O–H groups in total. The van der Waals surface area contributed by atoms with E-state index in [-0.39, 0.29) is 5.84 Å². The number of aromatic nitrogens is 3. The van der Waals surface area contributed by atoms with Gasteiger partial charge in [0.2, 0.25) is 0 Å². The molecule has 0 aromatic carbocycles. The van der Waals surface area contributed by atoms with Crippen LogP contribution < -0.4 is 5.73 Å². The quantitative estimate of drug-likeness (QED) is 0.381. The van der Waals surface area contributed by atoms with Gasteiger partial charge in [-0.2, -0.15) is 5.10 Å². The Bertz CT molecular complexity index is 613. The summed E-state index contributed by atoms with van der Waals surface area (Å²) in [7, 11) is 0. The van der Waals surface area contributed by atoms with E-state index >= 15 is 0 Å². The maximum Gasteiger partial charge on any atom is 0.173 e. The standard InChI is InChI=1S/C12H15N5OS2/c1-3-7-8(4-2)15-16-11(9(7)10(13)17-18)20-12-14-5-6-19-12/h5-6,18H,3-4H2,1-2H3,(H2,13,17). The molecule has 0 saturated carbocycles. The van der Waals surface area contributed by atoms with Crippen molar-refractivity contribution in [3.8, 4) is 0 Å². The zero-order valence-electron chi connectivity index (χ0n) is 11.2. The Kier molecular flexibility index (Phi) is 4.91. The Morgan fingerprint density at radius 3 is 2.75 bits per heavy atom. The molecule has 8 heteroatoms. The summed E-state index contributed by atoms with van der Waals surface area (Å²) in [6, 6.07) is 0. The number of nitrogens with zero attached hydrogens (tertiary/aromatic N) is 4. The summed E-state index contributed by atoms with van der Waals surface area (Å²) < 4.78 is 0.845. The third-order valence-electron chi connectivity index (χ3n) is 2.77. The van der Waals surface area contributed by atoms with Crippen molar-refractivity contribution in [3.63, 3.8) is 0 Å². The van der Waals surface area contributed by atoms with Crippen LogP contribution in [0.25, 0.3) is 0 Å². The number of amidine groups is 1. The lowest BCUT2D eigenvalue weighted by Gasteiger charge is -2.13. The molecule has 2 aromatic heterocycles. The Morgan fingerprint density at radius 2 is 2.20 bits per heavy atom. The van der Waals surface area contributed by atoms with E-state index in [0.29, 0.717) is 10.6 Å². The molecular weight excluding hydrogens is 294 g/mol. The average Bonchev–Trinajstić information content (AvgIpc) is 2.98. The molecule has 0 saturated heterocycles. The molecule has 0 spiro atoms. The lowest BCUT2D eigenvalue weighted by atomic mass is 10.0. The molecule has 20 heavy (non-hydrogen) atoms. The van der Waals surface area contributed by atoms with Gasteiger partial charge in [0.05, 0.1) is 11.3 Å². The van der Waals surface area contributed by atoms with Crippen molar-refractivity contribution in [2.45, 2.75) is 36.1 Å². The highest BCUT2D eigenvalue weighted by Gasteiger charge is 2.19. The molecule has 0 aliphatic heterocycles. The largest absolute Gasteiger partial charge is 0.409 e. The topological polar surface area (TPSA) is 97.3 Å². The summed E-state index contributed by atoms with van der Waals surface area (Å²) in [5.74, 6) is 0.0607. The number of aryl methyl sites for hydroxylation is 1. The predicted octanol–water partition coefficient (Wildman–Crippen LogP) is 2.30. The molecule has 106 valence electrons. The van der Waals surface area contributed by atoms with Crippen LogP contribution in [0.3, 0.4) is 0 Å². The van der Waals surface area contributed by atoms with Crippen molar-refractivity contribution in [3.05, 3.63) is 28.4 Å². The zero-order chi connectivity index (χ0) is 14.5. The maximum absolute atomic E-state index is 9.01. The van der Waals surface area contributed by atoms with E-state index in [9.17, 15) is 0 Å². The predicted molar refractivity (Wildman–Crippen MR) is 79.5 cm³/mol. The lowest BCUT2D eigenvalue weighted by molar-refractivity contribution is 0.318. The van der Waals surface area contributed by atoms with E-state index < -0.39 is 0 Å². The molecule has 2 rings (SSSR count). The van der Waals surface area contributed by atoms with E-state index in [1.807, 2.05) is 19.2 Å². The Labute approximate surface area is 125 Å². The number of nitrogens with two attached hydrogens (primary N) is 1. The third-order valence-corrected chi connectivity index (χ3v) is 4.63. The summed E-state index contributed by atoms with van der Waals surface area (Å²) in [4.78, 5) is 4.21. The normalized spacial score (nSPS) is 11.8. The van der Waals surface area contributed by atoms with Crippen LogP contribution in [-0.2, 0) is 12.8 Å². The van der Waals surface area contributed by atoms with Gasteiger partial charge in [-0.15, -0.1) is 16.4 Å². The van der Waals surface area contributed by atoms with Crippen LogP contribution >= 0.6 is 23.1 Å². The summed E-state index contributed by atoms with van der Waals surface area (Å²) >= 11 is 2.89. The van der Waals surface area contributed by atoms with E-state index in [1.54, 1.807) is 6.20 Å². The van der Waals surface area contributed by atoms with Crippen molar-refractivity contribution in [2.24, 2.45) is 10.9 Å². The first-order valence-corrected chi connectivity index (χ1v) is 7.84. The highest BCUT2D eigenvalue weighted by atomic mass is 32.2. The van der Waals surface area contributed by atoms with Gasteiger partial charge in [-0.05, 0) is 30.2 Å². The number of oxime groups is 1. The molecule has 0 fully saturated rings. The third kappa shape index (κ3) is 2.91. The minimum Gasteiger partial charge on any atom is -0.409 e. The van der Waals surface area contributed by atoms with E-state index in [4.69, 9.17) is 10.9 Å². The van der Waals surface area contributed by atoms with Gasteiger partial charge in [0.25, 0.3) is 0 Å². The van der Waals surface area contributed by atoms with Crippen molar-refractivity contribution in [1.29, 1.82) is 0 Å². The smallest absolute Gasteiger partial charge is 0.173 e. The zero-order valence-corrected chi connectivity index (χ0v) is 12.8. The number of hydrogen-bond donors (Lipinski definition) is 2. The molecule has 0 amide bonds. The SMILES string of the molecule is CCc1nnc(Sc2nccs2)c(/C(N)=N/O)c1CC. The van der Waals surface area contributed by atoms with Crippen molar-refractivity contribution in [1.82, 2.24) is 15.2 Å². The van der Waals surface area contributed by atoms with Gasteiger partial charge < -0.3 is 10.9 Å². The van der Waals surface area contributed by atoms with Gasteiger partial charge in [0, 0.05) is 11.6 Å². The highest BCUT2D eigenvalue weighted by molar-refractivity contribution is 8.01. The van der Waals surface area contributed by atoms with Crippen LogP contribution in [0, 0.1) is 0 Å². The van der Waals surface area contributed by atoms with Gasteiger partial charge in [0.15, 0.2) is 10.2 Å². The van der Waals surface area contributed by atoms with Crippen LogP contribution in [0.2, 0.25) is 0 Å². The van der Waals surface area contributed by atoms with E-state index in [1.165, 1.54) is 23.1 Å². The van der Waals surface area contributed by atoms with Crippen molar-refractivity contribution < 1.29 is 5.21 Å².